The number of para-hydroxylation sites is 1. The molecule has 34 heavy (non-hydrogen) atoms. The lowest BCUT2D eigenvalue weighted by Crippen LogP contribution is -2.28. The molecule has 0 unspecified atom stereocenters. The molecular formula is C23H22N6O4S. The van der Waals surface area contributed by atoms with Crippen molar-refractivity contribution < 1.29 is 18.4 Å². The molecule has 6 rings (SSSR count). The number of thioether (sulfide) groups is 1. The molecule has 2 aliphatic heterocycles. The molecule has 4 aromatic rings. The van der Waals surface area contributed by atoms with E-state index in [0.717, 1.165) is 30.4 Å². The van der Waals surface area contributed by atoms with E-state index in [4.69, 9.17) is 13.6 Å². The molecule has 10 nitrogen and oxygen atoms in total. The number of hydrogen-bond donors (Lipinski definition) is 0. The number of fused-ring (bicyclic) bond motifs is 1. The highest BCUT2D eigenvalue weighted by Gasteiger charge is 2.36. The Kier molecular flexibility index (Phi) is 5.63. The monoisotopic (exact) mass is 478 g/mol. The summed E-state index contributed by atoms with van der Waals surface area (Å²) in [7, 11) is 0. The van der Waals surface area contributed by atoms with Gasteiger partial charge in [-0.2, -0.15) is 5.10 Å². The lowest BCUT2D eigenvalue weighted by atomic mass is 10.1. The summed E-state index contributed by atoms with van der Waals surface area (Å²) in [6, 6.07) is 13.1. The largest absolute Gasteiger partial charge is 0.467 e. The van der Waals surface area contributed by atoms with Gasteiger partial charge in [-0.05, 0) is 47.5 Å². The van der Waals surface area contributed by atoms with Crippen LogP contribution in [0.15, 0.2) is 67.8 Å². The topological polar surface area (TPSA) is 112 Å². The van der Waals surface area contributed by atoms with E-state index in [2.05, 4.69) is 20.6 Å². The summed E-state index contributed by atoms with van der Waals surface area (Å²) in [6.45, 7) is 1.35. The predicted molar refractivity (Wildman–Crippen MR) is 123 cm³/mol. The van der Waals surface area contributed by atoms with E-state index in [1.165, 1.54) is 16.8 Å². The van der Waals surface area contributed by atoms with Crippen molar-refractivity contribution in [3.8, 4) is 0 Å². The van der Waals surface area contributed by atoms with Crippen molar-refractivity contribution in [2.24, 2.45) is 5.10 Å². The van der Waals surface area contributed by atoms with Gasteiger partial charge in [0.15, 0.2) is 5.76 Å². The molecule has 2 aliphatic rings. The molecule has 0 spiro atoms. The Labute approximate surface area is 198 Å². The van der Waals surface area contributed by atoms with E-state index in [1.807, 2.05) is 42.5 Å². The van der Waals surface area contributed by atoms with Crippen LogP contribution in [0.2, 0.25) is 0 Å². The zero-order chi connectivity index (χ0) is 22.9. The molecule has 0 saturated carbocycles. The van der Waals surface area contributed by atoms with Gasteiger partial charge < -0.3 is 13.6 Å². The molecule has 3 aromatic heterocycles. The molecule has 0 aliphatic carbocycles. The van der Waals surface area contributed by atoms with Crippen molar-refractivity contribution in [3.05, 3.63) is 60.2 Å². The number of aromatic nitrogens is 4. The number of amides is 1. The number of hydrazone groups is 1. The minimum Gasteiger partial charge on any atom is -0.467 e. The van der Waals surface area contributed by atoms with Crippen LogP contribution in [-0.4, -0.2) is 55.3 Å². The zero-order valence-electron chi connectivity index (χ0n) is 18.2. The van der Waals surface area contributed by atoms with E-state index >= 15 is 0 Å². The maximum atomic E-state index is 13.3. The Morgan fingerprint density at radius 3 is 2.97 bits per heavy atom. The first-order valence-corrected chi connectivity index (χ1v) is 12.2. The van der Waals surface area contributed by atoms with Crippen LogP contribution in [-0.2, 0) is 16.1 Å². The number of nitrogens with zero attached hydrogens (tertiary/aromatic N) is 6. The van der Waals surface area contributed by atoms with E-state index in [-0.39, 0.29) is 23.8 Å². The van der Waals surface area contributed by atoms with Gasteiger partial charge in [-0.15, -0.1) is 5.10 Å². The molecule has 0 N–H and O–H groups in total. The Morgan fingerprint density at radius 2 is 2.15 bits per heavy atom. The highest BCUT2D eigenvalue weighted by molar-refractivity contribution is 7.99. The number of ether oxygens (including phenoxy) is 1. The van der Waals surface area contributed by atoms with Crippen LogP contribution < -0.4 is 0 Å². The molecule has 11 heteroatoms. The molecule has 0 bridgehead atoms. The van der Waals surface area contributed by atoms with Crippen molar-refractivity contribution in [2.45, 2.75) is 43.1 Å². The number of benzene rings is 1. The number of rotatable bonds is 7. The lowest BCUT2D eigenvalue weighted by Gasteiger charge is -2.19. The minimum atomic E-state index is -0.339. The second-order valence-electron chi connectivity index (χ2n) is 8.24. The van der Waals surface area contributed by atoms with E-state index < -0.39 is 0 Å². The first kappa shape index (κ1) is 21.1. The Hall–Kier alpha value is -3.44. The Balaban J connectivity index is 1.20. The average Bonchev–Trinajstić information content (AvgIpc) is 3.66. The van der Waals surface area contributed by atoms with Gasteiger partial charge in [-0.1, -0.05) is 30.0 Å². The lowest BCUT2D eigenvalue weighted by molar-refractivity contribution is -0.130. The van der Waals surface area contributed by atoms with Crippen LogP contribution in [0.1, 0.15) is 36.8 Å². The highest BCUT2D eigenvalue weighted by atomic mass is 32.2. The second-order valence-corrected chi connectivity index (χ2v) is 9.18. The van der Waals surface area contributed by atoms with Gasteiger partial charge in [0, 0.05) is 18.4 Å². The Morgan fingerprint density at radius 1 is 1.21 bits per heavy atom. The van der Waals surface area contributed by atoms with Crippen LogP contribution in [0.5, 0.6) is 0 Å². The van der Waals surface area contributed by atoms with Crippen molar-refractivity contribution in [2.75, 3.05) is 12.4 Å². The van der Waals surface area contributed by atoms with Gasteiger partial charge in [0.2, 0.25) is 5.16 Å². The number of carbonyl (C=O) groups excluding carboxylic acids is 1. The van der Waals surface area contributed by atoms with Crippen molar-refractivity contribution in [1.82, 2.24) is 25.2 Å². The highest BCUT2D eigenvalue weighted by Crippen LogP contribution is 2.35. The molecule has 5 heterocycles. The van der Waals surface area contributed by atoms with Gasteiger partial charge in [0.1, 0.15) is 23.1 Å². The first-order chi connectivity index (χ1) is 16.7. The quantitative estimate of drug-likeness (QED) is 0.370. The van der Waals surface area contributed by atoms with Crippen LogP contribution in [0.25, 0.3) is 11.0 Å². The normalized spacial score (nSPS) is 20.4. The molecular weight excluding hydrogens is 456 g/mol. The Bertz CT molecular complexity index is 1290. The van der Waals surface area contributed by atoms with E-state index in [1.54, 1.807) is 10.9 Å². The summed E-state index contributed by atoms with van der Waals surface area (Å²) in [6.07, 6.45) is 4.24. The number of carbonyl (C=O) groups is 1. The third-order valence-electron chi connectivity index (χ3n) is 5.97. The summed E-state index contributed by atoms with van der Waals surface area (Å²) in [4.78, 5) is 13.3. The van der Waals surface area contributed by atoms with Crippen LogP contribution >= 0.6 is 11.8 Å². The predicted octanol–water partition coefficient (Wildman–Crippen LogP) is 3.66. The summed E-state index contributed by atoms with van der Waals surface area (Å²) < 4.78 is 19.0. The first-order valence-electron chi connectivity index (χ1n) is 11.2. The van der Waals surface area contributed by atoms with Gasteiger partial charge in [0.05, 0.1) is 24.7 Å². The molecule has 1 amide bonds. The summed E-state index contributed by atoms with van der Waals surface area (Å²) in [5.41, 5.74) is 1.49. The maximum absolute atomic E-state index is 13.3. The molecule has 0 radical (unpaired) electrons. The van der Waals surface area contributed by atoms with Gasteiger partial charge in [-0.25, -0.2) is 9.69 Å². The minimum absolute atomic E-state index is 0.108. The van der Waals surface area contributed by atoms with Crippen LogP contribution in [0, 0.1) is 0 Å². The van der Waals surface area contributed by atoms with Gasteiger partial charge in [-0.3, -0.25) is 4.79 Å². The van der Waals surface area contributed by atoms with Crippen molar-refractivity contribution in [1.29, 1.82) is 0 Å². The number of furan rings is 2. The molecule has 1 aromatic carbocycles. The SMILES string of the molecule is O=C(CSc1nnnn1C[C@@H]1CCCO1)N1N=C(c2cc3ccccc3o2)C[C@H]1c1ccco1. The maximum Gasteiger partial charge on any atom is 0.253 e. The summed E-state index contributed by atoms with van der Waals surface area (Å²) >= 11 is 1.29. The van der Waals surface area contributed by atoms with Crippen LogP contribution in [0.4, 0.5) is 0 Å². The summed E-state index contributed by atoms with van der Waals surface area (Å²) in [5, 5.41) is 19.6. The van der Waals surface area contributed by atoms with E-state index in [9.17, 15) is 4.79 Å². The molecule has 174 valence electrons. The standard InChI is InChI=1S/C23H22N6O4S/c30-22(14-34-23-24-26-27-28(23)13-16-6-3-9-31-16)29-18(20-8-4-10-32-20)12-17(25-29)21-11-15-5-1-2-7-19(15)33-21/h1-2,4-5,7-8,10-11,16,18H,3,6,9,12-14H2/t16-,18-/m0/s1. The smallest absolute Gasteiger partial charge is 0.253 e. The number of hydrogen-bond acceptors (Lipinski definition) is 9. The average molecular weight is 479 g/mol. The summed E-state index contributed by atoms with van der Waals surface area (Å²) in [5.74, 6) is 1.31. The second kappa shape index (κ2) is 9.07. The van der Waals surface area contributed by atoms with Crippen LogP contribution in [0.3, 0.4) is 0 Å². The van der Waals surface area contributed by atoms with Gasteiger partial charge in [0.25, 0.3) is 5.91 Å². The third-order valence-corrected chi connectivity index (χ3v) is 6.91. The molecule has 1 saturated heterocycles. The van der Waals surface area contributed by atoms with E-state index in [0.29, 0.717) is 35.4 Å². The zero-order valence-corrected chi connectivity index (χ0v) is 19.1. The molecule has 2 atom stereocenters. The number of tetrazole rings is 1. The van der Waals surface area contributed by atoms with Gasteiger partial charge >= 0.3 is 0 Å². The third kappa shape index (κ3) is 4.12. The van der Waals surface area contributed by atoms with Crippen molar-refractivity contribution >= 4 is 34.3 Å². The fourth-order valence-electron chi connectivity index (χ4n) is 4.30. The fourth-order valence-corrected chi connectivity index (χ4v) is 5.04. The fraction of sp³-hybridized carbons (Fsp3) is 0.348. The van der Waals surface area contributed by atoms with Crippen molar-refractivity contribution in [3.63, 3.8) is 0 Å². The molecule has 1 fully saturated rings.